The van der Waals surface area contributed by atoms with Crippen LogP contribution < -0.4 is 4.74 Å². The molecule has 0 saturated carbocycles. The van der Waals surface area contributed by atoms with Crippen LogP contribution in [-0.2, 0) is 6.42 Å². The predicted octanol–water partition coefficient (Wildman–Crippen LogP) is 5.48. The van der Waals surface area contributed by atoms with Gasteiger partial charge in [0.1, 0.15) is 17.7 Å². The van der Waals surface area contributed by atoms with Gasteiger partial charge in [0.2, 0.25) is 0 Å². The molecule has 0 radical (unpaired) electrons. The largest absolute Gasteiger partial charge is 0.489 e. The maximum atomic E-state index is 14.3. The third-order valence-corrected chi connectivity index (χ3v) is 4.26. The number of fused-ring (bicyclic) bond motifs is 1. The van der Waals surface area contributed by atoms with E-state index in [1.54, 1.807) is 6.07 Å². The van der Waals surface area contributed by atoms with Crippen molar-refractivity contribution in [1.29, 1.82) is 0 Å². The van der Waals surface area contributed by atoms with Gasteiger partial charge in [0, 0.05) is 17.5 Å². The lowest BCUT2D eigenvalue weighted by molar-refractivity contribution is 0.255. The number of ether oxygens (including phenoxy) is 1. The first-order valence-electron chi connectivity index (χ1n) is 7.86. The average molecular weight is 304 g/mol. The van der Waals surface area contributed by atoms with Gasteiger partial charge in [-0.1, -0.05) is 48.5 Å². The fourth-order valence-corrected chi connectivity index (χ4v) is 3.21. The first-order valence-corrected chi connectivity index (χ1v) is 7.86. The number of rotatable bonds is 2. The summed E-state index contributed by atoms with van der Waals surface area (Å²) in [4.78, 5) is 0. The Balaban J connectivity index is 1.95. The molecule has 0 saturated heterocycles. The van der Waals surface area contributed by atoms with Crippen molar-refractivity contribution < 1.29 is 9.13 Å². The monoisotopic (exact) mass is 304 g/mol. The van der Waals surface area contributed by atoms with Crippen molar-refractivity contribution in [3.05, 3.63) is 78.1 Å². The minimum atomic E-state index is -0.219. The second-order valence-electron chi connectivity index (χ2n) is 5.99. The third kappa shape index (κ3) is 2.50. The number of hydrogen-bond acceptors (Lipinski definition) is 1. The summed E-state index contributed by atoms with van der Waals surface area (Å²) in [6.45, 7) is 2.05. The van der Waals surface area contributed by atoms with Gasteiger partial charge < -0.3 is 4.74 Å². The summed E-state index contributed by atoms with van der Waals surface area (Å²) in [6.07, 6.45) is 0.985. The number of halogens is 1. The smallest absolute Gasteiger partial charge is 0.131 e. The number of benzene rings is 3. The van der Waals surface area contributed by atoms with E-state index in [1.807, 2.05) is 43.3 Å². The molecular weight excluding hydrogens is 287 g/mol. The van der Waals surface area contributed by atoms with Crippen LogP contribution in [-0.4, -0.2) is 6.10 Å². The van der Waals surface area contributed by atoms with E-state index in [0.717, 1.165) is 34.4 Å². The highest BCUT2D eigenvalue weighted by Gasteiger charge is 2.25. The number of hydrogen-bond donors (Lipinski definition) is 0. The van der Waals surface area contributed by atoms with Gasteiger partial charge in [-0.05, 0) is 41.8 Å². The highest BCUT2D eigenvalue weighted by Crippen LogP contribution is 2.42. The standard InChI is InChI=1S/C21H17FO/c1-14-11-17-12-16(15-7-3-2-4-8-15)13-19(21(17)23-14)18-9-5-6-10-20(18)22/h2-10,12-14H,11H2,1H3. The Kier molecular flexibility index (Phi) is 3.38. The maximum absolute atomic E-state index is 14.3. The predicted molar refractivity (Wildman–Crippen MR) is 91.1 cm³/mol. The summed E-state index contributed by atoms with van der Waals surface area (Å²) >= 11 is 0. The molecule has 1 nitrogen and oxygen atoms in total. The summed E-state index contributed by atoms with van der Waals surface area (Å²) in [7, 11) is 0. The molecule has 23 heavy (non-hydrogen) atoms. The molecule has 1 atom stereocenters. The Hall–Kier alpha value is -2.61. The van der Waals surface area contributed by atoms with Crippen LogP contribution in [0.4, 0.5) is 4.39 Å². The van der Waals surface area contributed by atoms with E-state index < -0.39 is 0 Å². The molecular formula is C21H17FO. The van der Waals surface area contributed by atoms with Gasteiger partial charge in [0.15, 0.2) is 0 Å². The van der Waals surface area contributed by atoms with E-state index in [-0.39, 0.29) is 11.9 Å². The Bertz CT molecular complexity index is 855. The topological polar surface area (TPSA) is 9.23 Å². The van der Waals surface area contributed by atoms with Gasteiger partial charge in [0.05, 0.1) is 0 Å². The van der Waals surface area contributed by atoms with Crippen LogP contribution in [0, 0.1) is 5.82 Å². The molecule has 0 N–H and O–H groups in total. The molecule has 1 aliphatic rings. The van der Waals surface area contributed by atoms with Gasteiger partial charge in [-0.15, -0.1) is 0 Å². The fraction of sp³-hybridized carbons (Fsp3) is 0.143. The highest BCUT2D eigenvalue weighted by atomic mass is 19.1. The van der Waals surface area contributed by atoms with Crippen LogP contribution in [0.2, 0.25) is 0 Å². The van der Waals surface area contributed by atoms with Crippen LogP contribution in [0.25, 0.3) is 22.3 Å². The minimum absolute atomic E-state index is 0.126. The molecule has 114 valence electrons. The summed E-state index contributed by atoms with van der Waals surface area (Å²) < 4.78 is 20.3. The van der Waals surface area contributed by atoms with Gasteiger partial charge in [0.25, 0.3) is 0 Å². The molecule has 1 heterocycles. The second kappa shape index (κ2) is 5.54. The zero-order chi connectivity index (χ0) is 15.8. The van der Waals surface area contributed by atoms with Crippen molar-refractivity contribution in [3.63, 3.8) is 0 Å². The normalized spacial score (nSPS) is 16.0. The fourth-order valence-electron chi connectivity index (χ4n) is 3.21. The lowest BCUT2D eigenvalue weighted by Crippen LogP contribution is -2.05. The van der Waals surface area contributed by atoms with Crippen LogP contribution in [0.1, 0.15) is 12.5 Å². The van der Waals surface area contributed by atoms with Gasteiger partial charge in [-0.25, -0.2) is 4.39 Å². The zero-order valence-corrected chi connectivity index (χ0v) is 12.9. The van der Waals surface area contributed by atoms with Crippen LogP contribution in [0.3, 0.4) is 0 Å². The van der Waals surface area contributed by atoms with Crippen LogP contribution in [0.5, 0.6) is 5.75 Å². The molecule has 0 spiro atoms. The van der Waals surface area contributed by atoms with Gasteiger partial charge in [-0.3, -0.25) is 0 Å². The molecule has 1 unspecified atom stereocenters. The summed E-state index contributed by atoms with van der Waals surface area (Å²) in [5.41, 5.74) is 4.81. The minimum Gasteiger partial charge on any atom is -0.489 e. The van der Waals surface area contributed by atoms with Crippen LogP contribution in [0.15, 0.2) is 66.7 Å². The lowest BCUT2D eigenvalue weighted by Gasteiger charge is -2.13. The molecule has 2 heteroatoms. The van der Waals surface area contributed by atoms with Crippen molar-refractivity contribution in [2.75, 3.05) is 0 Å². The highest BCUT2D eigenvalue weighted by molar-refractivity contribution is 5.80. The quantitative estimate of drug-likeness (QED) is 0.609. The average Bonchev–Trinajstić information content (AvgIpc) is 2.95. The van der Waals surface area contributed by atoms with E-state index in [9.17, 15) is 4.39 Å². The molecule has 0 aromatic heterocycles. The van der Waals surface area contributed by atoms with E-state index in [0.29, 0.717) is 5.56 Å². The Labute approximate surface area is 135 Å². The van der Waals surface area contributed by atoms with Crippen LogP contribution >= 0.6 is 0 Å². The molecule has 4 rings (SSSR count). The molecule has 0 bridgehead atoms. The van der Waals surface area contributed by atoms with E-state index in [1.165, 1.54) is 6.07 Å². The first kappa shape index (κ1) is 14.0. The summed E-state index contributed by atoms with van der Waals surface area (Å²) in [6, 6.07) is 21.3. The van der Waals surface area contributed by atoms with Gasteiger partial charge in [-0.2, -0.15) is 0 Å². The third-order valence-electron chi connectivity index (χ3n) is 4.26. The lowest BCUT2D eigenvalue weighted by atomic mass is 9.94. The molecule has 3 aromatic rings. The van der Waals surface area contributed by atoms with E-state index >= 15 is 0 Å². The van der Waals surface area contributed by atoms with Crippen molar-refractivity contribution >= 4 is 0 Å². The maximum Gasteiger partial charge on any atom is 0.131 e. The van der Waals surface area contributed by atoms with Crippen molar-refractivity contribution in [2.45, 2.75) is 19.4 Å². The second-order valence-corrected chi connectivity index (χ2v) is 5.99. The zero-order valence-electron chi connectivity index (χ0n) is 12.9. The van der Waals surface area contributed by atoms with E-state index in [4.69, 9.17) is 4.74 Å². The summed E-state index contributed by atoms with van der Waals surface area (Å²) in [5, 5.41) is 0. The molecule has 0 amide bonds. The van der Waals surface area contributed by atoms with Crippen molar-refractivity contribution in [3.8, 4) is 28.0 Å². The van der Waals surface area contributed by atoms with Crippen molar-refractivity contribution in [1.82, 2.24) is 0 Å². The van der Waals surface area contributed by atoms with E-state index in [2.05, 4.69) is 18.2 Å². The Morgan fingerprint density at radius 1 is 0.870 bits per heavy atom. The Morgan fingerprint density at radius 2 is 1.61 bits per heavy atom. The summed E-state index contributed by atoms with van der Waals surface area (Å²) in [5.74, 6) is 0.602. The van der Waals surface area contributed by atoms with Gasteiger partial charge >= 0.3 is 0 Å². The molecule has 0 fully saturated rings. The first-order chi connectivity index (χ1) is 11.2. The molecule has 0 aliphatic carbocycles. The molecule has 3 aromatic carbocycles. The van der Waals surface area contributed by atoms with Crippen molar-refractivity contribution in [2.24, 2.45) is 0 Å². The SMILES string of the molecule is CC1Cc2cc(-c3ccccc3)cc(-c3ccccc3F)c2O1. The molecule has 1 aliphatic heterocycles. The Morgan fingerprint density at radius 3 is 2.39 bits per heavy atom.